The molecule has 0 aliphatic heterocycles. The van der Waals surface area contributed by atoms with Crippen molar-refractivity contribution in [1.82, 2.24) is 0 Å². The molecule has 0 fully saturated rings. The van der Waals surface area contributed by atoms with Gasteiger partial charge in [0.05, 0.1) is 0 Å². The van der Waals surface area contributed by atoms with Crippen molar-refractivity contribution in [1.29, 1.82) is 0 Å². The Labute approximate surface area is 43.2 Å². The maximum Gasteiger partial charge on any atom is 0.177 e. The van der Waals surface area contributed by atoms with Gasteiger partial charge in [0.2, 0.25) is 0 Å². The molecule has 0 saturated carbocycles. The molecular formula is C4H10N2O. The smallest absolute Gasteiger partial charge is 0.177 e. The Hall–Kier alpha value is -0.600. The van der Waals surface area contributed by atoms with Crippen LogP contribution in [0.25, 0.3) is 0 Å². The van der Waals surface area contributed by atoms with E-state index in [-0.39, 0.29) is 0 Å². The molecule has 0 atom stereocenters. The minimum Gasteiger partial charge on any atom is -0.600 e. The van der Waals surface area contributed by atoms with E-state index in [0.29, 0.717) is 18.0 Å². The van der Waals surface area contributed by atoms with Gasteiger partial charge in [-0.15, -0.1) is 0 Å². The summed E-state index contributed by atoms with van der Waals surface area (Å²) in [6.45, 7) is 4.64. The second-order valence-corrected chi connectivity index (χ2v) is 1.13. The van der Waals surface area contributed by atoms with E-state index in [1.807, 2.05) is 6.92 Å². The van der Waals surface area contributed by atoms with Gasteiger partial charge in [0.25, 0.3) is 0 Å². The van der Waals surface area contributed by atoms with Gasteiger partial charge in [-0.3, -0.25) is 0 Å². The summed E-state index contributed by atoms with van der Waals surface area (Å²) >= 11 is 0. The van der Waals surface area contributed by atoms with Gasteiger partial charge in [-0.25, -0.2) is 0 Å². The van der Waals surface area contributed by atoms with Crippen LogP contribution in [-0.4, -0.2) is 18.0 Å². The number of hydrogen-bond donors (Lipinski definition) is 0. The standard InChI is InChI=1S/C4H10N2O/c1-3-5-6(7)4-2/h3-4H2,1-2H3. The molecule has 0 aromatic carbocycles. The molecule has 0 aliphatic carbocycles. The second kappa shape index (κ2) is 3.59. The fourth-order valence-corrected chi connectivity index (χ4v) is 0.258. The summed E-state index contributed by atoms with van der Waals surface area (Å²) in [5.41, 5.74) is 0. The maximum atomic E-state index is 10.2. The summed E-state index contributed by atoms with van der Waals surface area (Å²) in [6, 6.07) is 0. The molecular weight excluding hydrogens is 92.1 g/mol. The number of rotatable bonds is 2. The number of hydroxylamine groups is 1. The lowest BCUT2D eigenvalue weighted by molar-refractivity contribution is -0.526. The highest BCUT2D eigenvalue weighted by atomic mass is 16.5. The monoisotopic (exact) mass is 102 g/mol. The van der Waals surface area contributed by atoms with Crippen LogP contribution in [0.2, 0.25) is 0 Å². The molecule has 0 radical (unpaired) electrons. The molecule has 3 heteroatoms. The summed E-state index contributed by atoms with van der Waals surface area (Å²) in [6.07, 6.45) is 0. The minimum atomic E-state index is 0.452. The van der Waals surface area contributed by atoms with Gasteiger partial charge >= 0.3 is 0 Å². The van der Waals surface area contributed by atoms with Gasteiger partial charge in [0, 0.05) is 0 Å². The molecule has 0 N–H and O–H groups in total. The molecule has 0 saturated heterocycles. The topological polar surface area (TPSA) is 38.4 Å². The summed E-state index contributed by atoms with van der Waals surface area (Å²) < 4.78 is 0. The SMILES string of the molecule is CCN=[N+]([O-])CC. The van der Waals surface area contributed by atoms with E-state index < -0.39 is 0 Å². The third-order valence-corrected chi connectivity index (χ3v) is 0.570. The van der Waals surface area contributed by atoms with Crippen molar-refractivity contribution in [3.63, 3.8) is 0 Å². The summed E-state index contributed by atoms with van der Waals surface area (Å²) in [7, 11) is 0. The van der Waals surface area contributed by atoms with Gasteiger partial charge < -0.3 is 5.21 Å². The molecule has 0 heterocycles. The normalized spacial score (nSPS) is 12.0. The first-order valence-corrected chi connectivity index (χ1v) is 2.43. The van der Waals surface area contributed by atoms with Crippen molar-refractivity contribution >= 4 is 0 Å². The van der Waals surface area contributed by atoms with Gasteiger partial charge in [-0.2, -0.15) is 0 Å². The molecule has 7 heavy (non-hydrogen) atoms. The Morgan fingerprint density at radius 1 is 1.57 bits per heavy atom. The van der Waals surface area contributed by atoms with Crippen molar-refractivity contribution in [2.24, 2.45) is 5.11 Å². The van der Waals surface area contributed by atoms with Crippen LogP contribution in [0.3, 0.4) is 0 Å². The molecule has 3 nitrogen and oxygen atoms in total. The second-order valence-electron chi connectivity index (χ2n) is 1.13. The lowest BCUT2D eigenvalue weighted by atomic mass is 10.8. The van der Waals surface area contributed by atoms with Crippen molar-refractivity contribution in [3.05, 3.63) is 5.21 Å². The van der Waals surface area contributed by atoms with Crippen LogP contribution < -0.4 is 0 Å². The zero-order chi connectivity index (χ0) is 5.70. The lowest BCUT2D eigenvalue weighted by Crippen LogP contribution is -1.97. The van der Waals surface area contributed by atoms with Gasteiger partial charge in [-0.1, -0.05) is 4.86 Å². The van der Waals surface area contributed by atoms with E-state index in [1.54, 1.807) is 6.92 Å². The van der Waals surface area contributed by atoms with Crippen LogP contribution in [0.5, 0.6) is 0 Å². The van der Waals surface area contributed by atoms with Crippen LogP contribution in [-0.2, 0) is 0 Å². The van der Waals surface area contributed by atoms with Crippen molar-refractivity contribution in [2.75, 3.05) is 13.1 Å². The Morgan fingerprint density at radius 2 is 2.14 bits per heavy atom. The largest absolute Gasteiger partial charge is 0.600 e. The molecule has 0 aliphatic rings. The predicted octanol–water partition coefficient (Wildman–Crippen LogP) is 0.989. The van der Waals surface area contributed by atoms with Gasteiger partial charge in [-0.05, 0) is 19.0 Å². The fourth-order valence-electron chi connectivity index (χ4n) is 0.258. The van der Waals surface area contributed by atoms with E-state index >= 15 is 0 Å². The molecule has 0 amide bonds. The maximum absolute atomic E-state index is 10.2. The molecule has 0 spiro atoms. The Balaban J connectivity index is 3.29. The van der Waals surface area contributed by atoms with Crippen LogP contribution in [0, 0.1) is 5.21 Å². The molecule has 0 bridgehead atoms. The summed E-state index contributed by atoms with van der Waals surface area (Å²) in [5, 5.41) is 13.7. The number of azo groups is 1. The number of nitrogens with zero attached hydrogens (tertiary/aromatic N) is 2. The van der Waals surface area contributed by atoms with E-state index in [1.165, 1.54) is 0 Å². The molecule has 0 aromatic rings. The first-order valence-electron chi connectivity index (χ1n) is 2.43. The van der Waals surface area contributed by atoms with Gasteiger partial charge in [0.1, 0.15) is 6.54 Å². The highest BCUT2D eigenvalue weighted by molar-refractivity contribution is 4.14. The zero-order valence-electron chi connectivity index (χ0n) is 4.72. The van der Waals surface area contributed by atoms with E-state index in [4.69, 9.17) is 0 Å². The Kier molecular flexibility index (Phi) is 3.28. The first kappa shape index (κ1) is 6.40. The van der Waals surface area contributed by atoms with Crippen molar-refractivity contribution < 1.29 is 4.86 Å². The highest BCUT2D eigenvalue weighted by Crippen LogP contribution is 1.71. The van der Waals surface area contributed by atoms with Crippen molar-refractivity contribution in [3.8, 4) is 0 Å². The van der Waals surface area contributed by atoms with E-state index in [0.717, 1.165) is 0 Å². The van der Waals surface area contributed by atoms with Crippen LogP contribution >= 0.6 is 0 Å². The fraction of sp³-hybridized carbons (Fsp3) is 1.00. The third kappa shape index (κ3) is 3.22. The third-order valence-electron chi connectivity index (χ3n) is 0.570. The molecule has 0 rings (SSSR count). The Morgan fingerprint density at radius 3 is 2.29 bits per heavy atom. The number of hydrogen-bond acceptors (Lipinski definition) is 2. The average Bonchev–Trinajstić information content (AvgIpc) is 1.68. The molecule has 42 valence electrons. The quantitative estimate of drug-likeness (QED) is 0.291. The average molecular weight is 102 g/mol. The van der Waals surface area contributed by atoms with Gasteiger partial charge in [0.15, 0.2) is 6.54 Å². The first-order chi connectivity index (χ1) is 3.31. The van der Waals surface area contributed by atoms with E-state index in [2.05, 4.69) is 5.11 Å². The summed E-state index contributed by atoms with van der Waals surface area (Å²) in [4.78, 5) is 0.681. The Bertz CT molecular complexity index is 70.1. The van der Waals surface area contributed by atoms with Crippen LogP contribution in [0.1, 0.15) is 13.8 Å². The molecule has 0 aromatic heterocycles. The predicted molar refractivity (Wildman–Crippen MR) is 27.1 cm³/mol. The summed E-state index contributed by atoms with van der Waals surface area (Å²) in [5.74, 6) is 0. The van der Waals surface area contributed by atoms with Crippen molar-refractivity contribution in [2.45, 2.75) is 13.8 Å². The highest BCUT2D eigenvalue weighted by Gasteiger charge is 1.80. The lowest BCUT2D eigenvalue weighted by Gasteiger charge is -1.91. The zero-order valence-corrected chi connectivity index (χ0v) is 4.72. The molecule has 0 unspecified atom stereocenters. The van der Waals surface area contributed by atoms with Crippen LogP contribution in [0.15, 0.2) is 5.11 Å². The minimum absolute atomic E-state index is 0.452. The van der Waals surface area contributed by atoms with E-state index in [9.17, 15) is 5.21 Å². The van der Waals surface area contributed by atoms with Crippen LogP contribution in [0.4, 0.5) is 0 Å².